The Hall–Kier alpha value is -0.810. The summed E-state index contributed by atoms with van der Waals surface area (Å²) >= 11 is 0. The fourth-order valence-corrected chi connectivity index (χ4v) is 3.36. The normalized spacial score (nSPS) is 28.8. The van der Waals surface area contributed by atoms with E-state index in [9.17, 15) is 4.79 Å². The summed E-state index contributed by atoms with van der Waals surface area (Å²) in [7, 11) is 0. The van der Waals surface area contributed by atoms with Crippen molar-refractivity contribution in [3.8, 4) is 0 Å². The summed E-state index contributed by atoms with van der Waals surface area (Å²) < 4.78 is 10.7. The van der Waals surface area contributed by atoms with Gasteiger partial charge in [0.25, 0.3) is 0 Å². The fourth-order valence-electron chi connectivity index (χ4n) is 3.36. The van der Waals surface area contributed by atoms with Gasteiger partial charge in [-0.1, -0.05) is 6.42 Å². The van der Waals surface area contributed by atoms with E-state index in [1.54, 1.807) is 0 Å². The highest BCUT2D eigenvalue weighted by molar-refractivity contribution is 5.67. The largest absolute Gasteiger partial charge is 0.444 e. The molecular formula is C17H32N2O3. The maximum Gasteiger partial charge on any atom is 0.407 e. The standard InChI is InChI=1S/C17H32N2O3/c1-17(2,3)22-16(20)19-11-14-5-4-6-15(14)18-9-7-13-8-10-21-12-13/h13-15,18H,4-12H2,1-3H3,(H,19,20). The lowest BCUT2D eigenvalue weighted by atomic mass is 10.0. The molecule has 0 spiro atoms. The minimum absolute atomic E-state index is 0.304. The third kappa shape index (κ3) is 6.13. The zero-order chi connectivity index (χ0) is 16.0. The number of hydrogen-bond acceptors (Lipinski definition) is 4. The monoisotopic (exact) mass is 312 g/mol. The summed E-state index contributed by atoms with van der Waals surface area (Å²) in [4.78, 5) is 11.7. The van der Waals surface area contributed by atoms with Gasteiger partial charge in [-0.25, -0.2) is 4.79 Å². The number of ether oxygens (including phenoxy) is 2. The van der Waals surface area contributed by atoms with Crippen LogP contribution in [-0.4, -0.2) is 44.0 Å². The zero-order valence-corrected chi connectivity index (χ0v) is 14.3. The Morgan fingerprint density at radius 3 is 2.77 bits per heavy atom. The van der Waals surface area contributed by atoms with Crippen LogP contribution in [0, 0.1) is 11.8 Å². The molecule has 1 heterocycles. The topological polar surface area (TPSA) is 59.6 Å². The van der Waals surface area contributed by atoms with Crippen molar-refractivity contribution in [2.75, 3.05) is 26.3 Å². The molecule has 128 valence electrons. The van der Waals surface area contributed by atoms with Gasteiger partial charge in [-0.15, -0.1) is 0 Å². The summed E-state index contributed by atoms with van der Waals surface area (Å²) in [5.41, 5.74) is -0.430. The fraction of sp³-hybridized carbons (Fsp3) is 0.941. The van der Waals surface area contributed by atoms with Gasteiger partial charge in [-0.2, -0.15) is 0 Å². The third-order valence-electron chi connectivity index (χ3n) is 4.55. The van der Waals surface area contributed by atoms with E-state index in [-0.39, 0.29) is 6.09 Å². The molecule has 2 fully saturated rings. The number of amides is 1. The van der Waals surface area contributed by atoms with Crippen LogP contribution in [-0.2, 0) is 9.47 Å². The number of rotatable bonds is 6. The molecule has 5 heteroatoms. The maximum absolute atomic E-state index is 11.7. The van der Waals surface area contributed by atoms with Crippen LogP contribution in [0.25, 0.3) is 0 Å². The SMILES string of the molecule is CC(C)(C)OC(=O)NCC1CCCC1NCCC1CCOC1. The molecule has 3 atom stereocenters. The minimum atomic E-state index is -0.430. The maximum atomic E-state index is 11.7. The molecule has 0 bridgehead atoms. The summed E-state index contributed by atoms with van der Waals surface area (Å²) in [6.45, 7) is 9.28. The third-order valence-corrected chi connectivity index (χ3v) is 4.55. The molecule has 5 nitrogen and oxygen atoms in total. The lowest BCUT2D eigenvalue weighted by Crippen LogP contribution is -2.41. The van der Waals surface area contributed by atoms with Crippen LogP contribution in [0.5, 0.6) is 0 Å². The van der Waals surface area contributed by atoms with Gasteiger partial charge in [0.15, 0.2) is 0 Å². The highest BCUT2D eigenvalue weighted by Gasteiger charge is 2.28. The molecule has 2 N–H and O–H groups in total. The van der Waals surface area contributed by atoms with Crippen molar-refractivity contribution in [2.45, 2.75) is 64.5 Å². The van der Waals surface area contributed by atoms with Gasteiger partial charge in [0.2, 0.25) is 0 Å². The number of carbonyl (C=O) groups excluding carboxylic acids is 1. The molecule has 1 saturated heterocycles. The summed E-state index contributed by atoms with van der Waals surface area (Å²) in [6.07, 6.45) is 5.73. The number of hydrogen-bond donors (Lipinski definition) is 2. The molecule has 0 aromatic heterocycles. The van der Waals surface area contributed by atoms with Crippen molar-refractivity contribution in [3.05, 3.63) is 0 Å². The van der Waals surface area contributed by atoms with E-state index in [4.69, 9.17) is 9.47 Å². The van der Waals surface area contributed by atoms with E-state index in [0.29, 0.717) is 18.5 Å². The molecule has 1 amide bonds. The van der Waals surface area contributed by atoms with Gasteiger partial charge in [-0.3, -0.25) is 0 Å². The second-order valence-corrected chi connectivity index (χ2v) is 7.65. The zero-order valence-electron chi connectivity index (χ0n) is 14.3. The van der Waals surface area contributed by atoms with E-state index in [1.807, 2.05) is 20.8 Å². The number of carbonyl (C=O) groups is 1. The quantitative estimate of drug-likeness (QED) is 0.792. The molecule has 22 heavy (non-hydrogen) atoms. The van der Waals surface area contributed by atoms with Crippen LogP contribution in [0.3, 0.4) is 0 Å². The molecule has 1 aliphatic heterocycles. The Bertz CT molecular complexity index is 348. The van der Waals surface area contributed by atoms with Crippen molar-refractivity contribution >= 4 is 6.09 Å². The van der Waals surface area contributed by atoms with Crippen LogP contribution >= 0.6 is 0 Å². The van der Waals surface area contributed by atoms with E-state index in [2.05, 4.69) is 10.6 Å². The van der Waals surface area contributed by atoms with Crippen molar-refractivity contribution in [3.63, 3.8) is 0 Å². The molecule has 0 aromatic rings. The lowest BCUT2D eigenvalue weighted by Gasteiger charge is -2.24. The molecule has 1 saturated carbocycles. The smallest absolute Gasteiger partial charge is 0.407 e. The van der Waals surface area contributed by atoms with Crippen molar-refractivity contribution in [2.24, 2.45) is 11.8 Å². The average molecular weight is 312 g/mol. The van der Waals surface area contributed by atoms with E-state index in [0.717, 1.165) is 25.7 Å². The van der Waals surface area contributed by atoms with Gasteiger partial charge in [0.05, 0.1) is 0 Å². The van der Waals surface area contributed by atoms with Gasteiger partial charge in [0.1, 0.15) is 5.60 Å². The summed E-state index contributed by atoms with van der Waals surface area (Å²) in [5, 5.41) is 6.60. The predicted octanol–water partition coefficient (Wildman–Crippen LogP) is 2.70. The summed E-state index contributed by atoms with van der Waals surface area (Å²) in [6, 6.07) is 0.525. The van der Waals surface area contributed by atoms with Gasteiger partial charge >= 0.3 is 6.09 Å². The van der Waals surface area contributed by atoms with Crippen LogP contribution in [0.1, 0.15) is 52.9 Å². The lowest BCUT2D eigenvalue weighted by molar-refractivity contribution is 0.0517. The Kier molecular flexibility index (Phi) is 6.50. The Morgan fingerprint density at radius 2 is 2.09 bits per heavy atom. The second-order valence-electron chi connectivity index (χ2n) is 7.65. The first-order chi connectivity index (χ1) is 10.4. The predicted molar refractivity (Wildman–Crippen MR) is 86.9 cm³/mol. The van der Waals surface area contributed by atoms with Crippen molar-refractivity contribution in [1.29, 1.82) is 0 Å². The van der Waals surface area contributed by atoms with Gasteiger partial charge in [-0.05, 0) is 64.8 Å². The van der Waals surface area contributed by atoms with E-state index < -0.39 is 5.60 Å². The highest BCUT2D eigenvalue weighted by atomic mass is 16.6. The summed E-state index contributed by atoms with van der Waals surface area (Å²) in [5.74, 6) is 1.25. The van der Waals surface area contributed by atoms with Crippen LogP contribution < -0.4 is 10.6 Å². The van der Waals surface area contributed by atoms with Crippen molar-refractivity contribution < 1.29 is 14.3 Å². The van der Waals surface area contributed by atoms with Crippen LogP contribution in [0.4, 0.5) is 4.79 Å². The van der Waals surface area contributed by atoms with E-state index >= 15 is 0 Å². The molecular weight excluding hydrogens is 280 g/mol. The molecule has 2 rings (SSSR count). The number of alkyl carbamates (subject to hydrolysis) is 1. The van der Waals surface area contributed by atoms with Gasteiger partial charge < -0.3 is 20.1 Å². The second kappa shape index (κ2) is 8.16. The molecule has 1 aliphatic carbocycles. The first-order valence-corrected chi connectivity index (χ1v) is 8.72. The Morgan fingerprint density at radius 1 is 1.27 bits per heavy atom. The van der Waals surface area contributed by atoms with Crippen molar-refractivity contribution in [1.82, 2.24) is 10.6 Å². The van der Waals surface area contributed by atoms with Crippen LogP contribution in [0.15, 0.2) is 0 Å². The van der Waals surface area contributed by atoms with E-state index in [1.165, 1.54) is 32.1 Å². The first-order valence-electron chi connectivity index (χ1n) is 8.72. The minimum Gasteiger partial charge on any atom is -0.444 e. The average Bonchev–Trinajstić information content (AvgIpc) is 3.06. The Labute approximate surface area is 134 Å². The highest BCUT2D eigenvalue weighted by Crippen LogP contribution is 2.25. The first kappa shape index (κ1) is 17.5. The van der Waals surface area contributed by atoms with Crippen LogP contribution in [0.2, 0.25) is 0 Å². The molecule has 0 aromatic carbocycles. The number of nitrogens with one attached hydrogen (secondary N) is 2. The molecule has 2 aliphatic rings. The van der Waals surface area contributed by atoms with Gasteiger partial charge in [0, 0.05) is 25.8 Å². The molecule has 0 radical (unpaired) electrons. The molecule has 3 unspecified atom stereocenters. The Balaban J connectivity index is 1.63.